The number of carbonyl (C=O) groups is 2. The van der Waals surface area contributed by atoms with E-state index in [1.165, 1.54) is 31.4 Å². The van der Waals surface area contributed by atoms with Gasteiger partial charge in [-0.15, -0.1) is 0 Å². The van der Waals surface area contributed by atoms with Crippen molar-refractivity contribution in [2.24, 2.45) is 0 Å². The highest BCUT2D eigenvalue weighted by Gasteiger charge is 2.18. The molecule has 9 heteroatoms. The second-order valence-electron chi connectivity index (χ2n) is 6.74. The molecule has 0 fully saturated rings. The normalized spacial score (nSPS) is 10.9. The molecule has 32 heavy (non-hydrogen) atoms. The van der Waals surface area contributed by atoms with Crippen LogP contribution in [0.15, 0.2) is 52.6 Å². The zero-order chi connectivity index (χ0) is 23.3. The molecule has 1 N–H and O–H groups in total. The van der Waals surface area contributed by atoms with Crippen LogP contribution in [0.1, 0.15) is 27.2 Å². The summed E-state index contributed by atoms with van der Waals surface area (Å²) in [7, 11) is 1.38. The molecule has 162 valence electrons. The van der Waals surface area contributed by atoms with Gasteiger partial charge >= 0.3 is 5.97 Å². The van der Waals surface area contributed by atoms with Crippen LogP contribution < -0.4 is 14.8 Å². The van der Waals surface area contributed by atoms with Gasteiger partial charge in [0.25, 0.3) is 5.91 Å². The average molecular weight is 452 g/mol. The first-order valence-corrected chi connectivity index (χ1v) is 9.71. The number of anilines is 1. The van der Waals surface area contributed by atoms with E-state index >= 15 is 0 Å². The van der Waals surface area contributed by atoms with Crippen molar-refractivity contribution in [3.63, 3.8) is 0 Å². The number of aromatic nitrogens is 1. The molecule has 0 atom stereocenters. The van der Waals surface area contributed by atoms with Gasteiger partial charge in [0.1, 0.15) is 17.4 Å². The maximum atomic E-state index is 12.5. The quantitative estimate of drug-likeness (QED) is 0.249. The zero-order valence-corrected chi connectivity index (χ0v) is 18.2. The van der Waals surface area contributed by atoms with Gasteiger partial charge in [-0.05, 0) is 49.8 Å². The highest BCUT2D eigenvalue weighted by molar-refractivity contribution is 6.32. The van der Waals surface area contributed by atoms with E-state index in [0.717, 1.165) is 5.56 Å². The summed E-state index contributed by atoms with van der Waals surface area (Å²) in [6.45, 7) is 3.58. The monoisotopic (exact) mass is 451 g/mol. The van der Waals surface area contributed by atoms with E-state index in [1.54, 1.807) is 31.2 Å². The topological polar surface area (TPSA) is 114 Å². The van der Waals surface area contributed by atoms with Crippen LogP contribution in [-0.2, 0) is 4.79 Å². The van der Waals surface area contributed by atoms with E-state index in [0.29, 0.717) is 16.9 Å². The molecule has 8 nitrogen and oxygen atoms in total. The number of amides is 1. The fourth-order valence-corrected chi connectivity index (χ4v) is 2.95. The van der Waals surface area contributed by atoms with Gasteiger partial charge < -0.3 is 19.3 Å². The number of nitrogens with one attached hydrogen (secondary N) is 1. The Morgan fingerprint density at radius 1 is 1.19 bits per heavy atom. The third-order valence-electron chi connectivity index (χ3n) is 4.28. The van der Waals surface area contributed by atoms with E-state index in [2.05, 4.69) is 10.5 Å². The standard InChI is InChI=1S/C23H18ClN3O5/c1-13-4-6-16(7-5-13)23(29)31-21-18(24)10-15(11-19(21)30-3)9-17(12-25)22(28)26-20-8-14(2)32-27-20/h4-11H,1-3H3,(H,26,27,28)/b17-9-. The Balaban J connectivity index is 1.85. The SMILES string of the molecule is COc1cc(/C=C(/C#N)C(=O)Nc2cc(C)on2)cc(Cl)c1OC(=O)c1ccc(C)cc1. The molecular weight excluding hydrogens is 434 g/mol. The Morgan fingerprint density at radius 3 is 2.50 bits per heavy atom. The third kappa shape index (κ3) is 5.33. The van der Waals surface area contributed by atoms with E-state index in [9.17, 15) is 14.9 Å². The maximum absolute atomic E-state index is 12.5. The lowest BCUT2D eigenvalue weighted by atomic mass is 10.1. The van der Waals surface area contributed by atoms with Crippen molar-refractivity contribution >= 4 is 35.4 Å². The van der Waals surface area contributed by atoms with Gasteiger partial charge in [-0.25, -0.2) is 4.79 Å². The summed E-state index contributed by atoms with van der Waals surface area (Å²) in [4.78, 5) is 24.8. The van der Waals surface area contributed by atoms with E-state index in [1.807, 2.05) is 13.0 Å². The van der Waals surface area contributed by atoms with E-state index < -0.39 is 11.9 Å². The highest BCUT2D eigenvalue weighted by Crippen LogP contribution is 2.37. The van der Waals surface area contributed by atoms with E-state index in [-0.39, 0.29) is 27.9 Å². The number of nitrogens with zero attached hydrogens (tertiary/aromatic N) is 2. The van der Waals surface area contributed by atoms with Crippen molar-refractivity contribution in [2.45, 2.75) is 13.8 Å². The van der Waals surface area contributed by atoms with Gasteiger partial charge in [-0.1, -0.05) is 34.5 Å². The van der Waals surface area contributed by atoms with Crippen LogP contribution in [0.2, 0.25) is 5.02 Å². The Kier molecular flexibility index (Phi) is 6.93. The molecule has 0 radical (unpaired) electrons. The van der Waals surface area contributed by atoms with Crippen molar-refractivity contribution in [1.29, 1.82) is 5.26 Å². The fourth-order valence-electron chi connectivity index (χ4n) is 2.69. The van der Waals surface area contributed by atoms with E-state index in [4.69, 9.17) is 25.6 Å². The summed E-state index contributed by atoms with van der Waals surface area (Å²) in [5.74, 6) is -0.399. The molecule has 0 unspecified atom stereocenters. The lowest BCUT2D eigenvalue weighted by Crippen LogP contribution is -2.13. The molecular formula is C23H18ClN3O5. The van der Waals surface area contributed by atoms with Gasteiger partial charge in [-0.3, -0.25) is 4.79 Å². The van der Waals surface area contributed by atoms with Crippen molar-refractivity contribution in [2.75, 3.05) is 12.4 Å². The number of hydrogen-bond acceptors (Lipinski definition) is 7. The van der Waals surface area contributed by atoms with Crippen LogP contribution in [0.3, 0.4) is 0 Å². The van der Waals surface area contributed by atoms with Crippen LogP contribution in [0.4, 0.5) is 5.82 Å². The smallest absolute Gasteiger partial charge is 0.343 e. The summed E-state index contributed by atoms with van der Waals surface area (Å²) >= 11 is 6.32. The molecule has 0 aliphatic heterocycles. The minimum Gasteiger partial charge on any atom is -0.493 e. The molecule has 0 saturated heterocycles. The van der Waals surface area contributed by atoms with Crippen LogP contribution in [-0.4, -0.2) is 24.1 Å². The van der Waals surface area contributed by atoms with Gasteiger partial charge in [0.05, 0.1) is 17.7 Å². The molecule has 0 aliphatic rings. The lowest BCUT2D eigenvalue weighted by Gasteiger charge is -2.12. The largest absolute Gasteiger partial charge is 0.493 e. The molecule has 2 aromatic carbocycles. The van der Waals surface area contributed by atoms with Crippen LogP contribution >= 0.6 is 11.6 Å². The number of rotatable bonds is 6. The number of aryl methyl sites for hydroxylation is 2. The van der Waals surface area contributed by atoms with Crippen molar-refractivity contribution in [3.8, 4) is 17.6 Å². The second kappa shape index (κ2) is 9.81. The molecule has 0 aliphatic carbocycles. The fraction of sp³-hybridized carbons (Fsp3) is 0.130. The van der Waals surface area contributed by atoms with Crippen molar-refractivity contribution in [3.05, 3.63) is 75.5 Å². The Bertz CT molecular complexity index is 1240. The average Bonchev–Trinajstić information content (AvgIpc) is 3.18. The molecule has 0 spiro atoms. The summed E-state index contributed by atoms with van der Waals surface area (Å²) in [6.07, 6.45) is 1.32. The molecule has 0 bridgehead atoms. The predicted octanol–water partition coefficient (Wildman–Crippen LogP) is 4.72. The van der Waals surface area contributed by atoms with Gasteiger partial charge in [0.2, 0.25) is 0 Å². The van der Waals surface area contributed by atoms with Gasteiger partial charge in [-0.2, -0.15) is 5.26 Å². The first-order chi connectivity index (χ1) is 15.3. The maximum Gasteiger partial charge on any atom is 0.343 e. The highest BCUT2D eigenvalue weighted by atomic mass is 35.5. The molecule has 1 aromatic heterocycles. The Hall–Kier alpha value is -4.09. The minimum absolute atomic E-state index is 0.0259. The number of benzene rings is 2. The first-order valence-electron chi connectivity index (χ1n) is 9.33. The van der Waals surface area contributed by atoms with Crippen molar-refractivity contribution in [1.82, 2.24) is 5.16 Å². The third-order valence-corrected chi connectivity index (χ3v) is 4.56. The number of esters is 1. The summed E-state index contributed by atoms with van der Waals surface area (Å²) in [5, 5.41) is 15.6. The molecule has 1 heterocycles. The predicted molar refractivity (Wildman–Crippen MR) is 118 cm³/mol. The van der Waals surface area contributed by atoms with Gasteiger partial charge in [0, 0.05) is 6.07 Å². The Labute approximate surface area is 189 Å². The summed E-state index contributed by atoms with van der Waals surface area (Å²) < 4.78 is 15.6. The molecule has 3 aromatic rings. The van der Waals surface area contributed by atoms with Crippen LogP contribution in [0.5, 0.6) is 11.5 Å². The number of hydrogen-bond donors (Lipinski definition) is 1. The summed E-state index contributed by atoms with van der Waals surface area (Å²) in [6, 6.07) is 13.2. The van der Waals surface area contributed by atoms with Gasteiger partial charge in [0.15, 0.2) is 17.3 Å². The lowest BCUT2D eigenvalue weighted by molar-refractivity contribution is -0.112. The second-order valence-corrected chi connectivity index (χ2v) is 7.14. The number of methoxy groups -OCH3 is 1. The van der Waals surface area contributed by atoms with Crippen molar-refractivity contribution < 1.29 is 23.6 Å². The number of ether oxygens (including phenoxy) is 2. The minimum atomic E-state index is -0.675. The summed E-state index contributed by atoms with van der Waals surface area (Å²) in [5.41, 5.74) is 1.55. The first kappa shape index (κ1) is 22.6. The number of halogens is 1. The van der Waals surface area contributed by atoms with Crippen LogP contribution in [0.25, 0.3) is 6.08 Å². The molecule has 1 amide bonds. The number of nitriles is 1. The molecule has 0 saturated carbocycles. The van der Waals surface area contributed by atoms with Crippen LogP contribution in [0, 0.1) is 25.2 Å². The molecule has 3 rings (SSSR count). The number of carbonyl (C=O) groups excluding carboxylic acids is 2. The zero-order valence-electron chi connectivity index (χ0n) is 17.4. The Morgan fingerprint density at radius 2 is 1.91 bits per heavy atom.